The average Bonchev–Trinajstić information content (AvgIpc) is 3.30. The highest BCUT2D eigenvalue weighted by molar-refractivity contribution is 5.77. The zero-order valence-electron chi connectivity index (χ0n) is 16.6. The predicted octanol–water partition coefficient (Wildman–Crippen LogP) is 3.15. The Morgan fingerprint density at radius 1 is 1.07 bits per heavy atom. The zero-order chi connectivity index (χ0) is 21.2. The van der Waals surface area contributed by atoms with E-state index in [1.54, 1.807) is 0 Å². The predicted molar refractivity (Wildman–Crippen MR) is 105 cm³/mol. The van der Waals surface area contributed by atoms with Gasteiger partial charge in [0.15, 0.2) is 0 Å². The number of ether oxygens (including phenoxy) is 1. The Hall–Kier alpha value is -2.55. The Morgan fingerprint density at radius 3 is 2.30 bits per heavy atom. The summed E-state index contributed by atoms with van der Waals surface area (Å²) in [6.45, 7) is 3.42. The van der Waals surface area contributed by atoms with Gasteiger partial charge in [-0.05, 0) is 37.1 Å². The van der Waals surface area contributed by atoms with Gasteiger partial charge in [0.1, 0.15) is 5.82 Å². The van der Waals surface area contributed by atoms with E-state index in [2.05, 4.69) is 9.55 Å². The Kier molecular flexibility index (Phi) is 5.73. The molecule has 2 aromatic rings. The third kappa shape index (κ3) is 4.30. The molecule has 4 rings (SSSR count). The lowest BCUT2D eigenvalue weighted by molar-refractivity contribution is -0.138. The van der Waals surface area contributed by atoms with Gasteiger partial charge in [0.2, 0.25) is 5.91 Å². The van der Waals surface area contributed by atoms with Crippen molar-refractivity contribution in [1.29, 1.82) is 0 Å². The molecule has 0 N–H and O–H groups in total. The molecular formula is C21H25F3N4O2. The van der Waals surface area contributed by atoms with Crippen molar-refractivity contribution in [2.75, 3.05) is 44.3 Å². The molecule has 2 saturated heterocycles. The number of nitrogens with zero attached hydrogens (tertiary/aromatic N) is 4. The Bertz CT molecular complexity index is 838. The molecule has 2 fully saturated rings. The van der Waals surface area contributed by atoms with Crippen molar-refractivity contribution in [2.45, 2.75) is 31.0 Å². The molecule has 2 aromatic heterocycles. The molecule has 2 aliphatic heterocycles. The quantitative estimate of drug-likeness (QED) is 0.760. The van der Waals surface area contributed by atoms with Crippen molar-refractivity contribution >= 4 is 11.7 Å². The summed E-state index contributed by atoms with van der Waals surface area (Å²) in [6.07, 6.45) is 2.49. The molecular weight excluding hydrogens is 397 g/mol. The van der Waals surface area contributed by atoms with Crippen LogP contribution in [0.4, 0.5) is 19.0 Å². The van der Waals surface area contributed by atoms with Gasteiger partial charge in [-0.15, -0.1) is 0 Å². The summed E-state index contributed by atoms with van der Waals surface area (Å²) in [7, 11) is 0. The van der Waals surface area contributed by atoms with Crippen LogP contribution < -0.4 is 4.90 Å². The van der Waals surface area contributed by atoms with Gasteiger partial charge in [0.25, 0.3) is 0 Å². The Morgan fingerprint density at radius 2 is 1.73 bits per heavy atom. The first-order valence-electron chi connectivity index (χ1n) is 10.1. The van der Waals surface area contributed by atoms with E-state index in [-0.39, 0.29) is 11.4 Å². The van der Waals surface area contributed by atoms with Gasteiger partial charge in [-0.25, -0.2) is 4.98 Å². The van der Waals surface area contributed by atoms with Crippen LogP contribution in [-0.4, -0.2) is 59.8 Å². The summed E-state index contributed by atoms with van der Waals surface area (Å²) in [5.41, 5.74) is -1.02. The summed E-state index contributed by atoms with van der Waals surface area (Å²) in [5.74, 6) is 0.606. The Balaban J connectivity index is 1.37. The van der Waals surface area contributed by atoms with Crippen LogP contribution in [0, 0.1) is 0 Å². The lowest BCUT2D eigenvalue weighted by Gasteiger charge is -2.41. The number of aromatic nitrogens is 2. The number of alkyl halides is 3. The van der Waals surface area contributed by atoms with Crippen LogP contribution in [0.15, 0.2) is 42.9 Å². The summed E-state index contributed by atoms with van der Waals surface area (Å²) in [5, 5.41) is 0. The van der Waals surface area contributed by atoms with Crippen molar-refractivity contribution in [3.63, 3.8) is 0 Å². The van der Waals surface area contributed by atoms with Gasteiger partial charge < -0.3 is 19.1 Å². The number of piperazine rings is 1. The molecule has 0 radical (unpaired) electrons. The highest BCUT2D eigenvalue weighted by atomic mass is 19.4. The van der Waals surface area contributed by atoms with Gasteiger partial charge in [-0.2, -0.15) is 13.2 Å². The monoisotopic (exact) mass is 422 g/mol. The number of anilines is 1. The van der Waals surface area contributed by atoms with E-state index in [0.29, 0.717) is 51.6 Å². The fourth-order valence-corrected chi connectivity index (χ4v) is 4.25. The fourth-order valence-electron chi connectivity index (χ4n) is 4.25. The molecule has 0 atom stereocenters. The number of hydrogen-bond acceptors (Lipinski definition) is 4. The molecule has 4 heterocycles. The van der Waals surface area contributed by atoms with Crippen LogP contribution >= 0.6 is 0 Å². The van der Waals surface area contributed by atoms with Gasteiger partial charge in [-0.3, -0.25) is 4.79 Å². The number of carbonyl (C=O) groups excluding carboxylic acids is 1. The standard InChI is InChI=1S/C21H25F3N4O2/c22-21(23,24)17-3-4-18(25-16-17)26-9-11-27(12-10-26)19(29)15-20(5-13-30-14-6-20)28-7-1-2-8-28/h1-4,7-8,16H,5-6,9-15H2. The first-order valence-corrected chi connectivity index (χ1v) is 10.1. The zero-order valence-corrected chi connectivity index (χ0v) is 16.6. The molecule has 2 aliphatic rings. The summed E-state index contributed by atoms with van der Waals surface area (Å²) in [4.78, 5) is 20.8. The van der Waals surface area contributed by atoms with Gasteiger partial charge >= 0.3 is 6.18 Å². The number of carbonyl (C=O) groups is 1. The number of pyridine rings is 1. The first kappa shape index (κ1) is 20.7. The minimum Gasteiger partial charge on any atom is -0.381 e. The molecule has 30 heavy (non-hydrogen) atoms. The van der Waals surface area contributed by atoms with E-state index in [1.807, 2.05) is 34.3 Å². The van der Waals surface area contributed by atoms with E-state index in [9.17, 15) is 18.0 Å². The molecule has 0 aromatic carbocycles. The summed E-state index contributed by atoms with van der Waals surface area (Å²) < 4.78 is 45.8. The molecule has 0 bridgehead atoms. The molecule has 9 heteroatoms. The fraction of sp³-hybridized carbons (Fsp3) is 0.524. The maximum atomic E-state index is 13.1. The van der Waals surface area contributed by atoms with Gasteiger partial charge in [0, 0.05) is 58.0 Å². The summed E-state index contributed by atoms with van der Waals surface area (Å²) in [6, 6.07) is 6.38. The molecule has 0 aliphatic carbocycles. The SMILES string of the molecule is O=C(CC1(n2cccc2)CCOCC1)N1CCN(c2ccc(C(F)(F)F)cn2)CC1. The molecule has 6 nitrogen and oxygen atoms in total. The molecule has 0 unspecified atom stereocenters. The summed E-state index contributed by atoms with van der Waals surface area (Å²) >= 11 is 0. The van der Waals surface area contributed by atoms with E-state index >= 15 is 0 Å². The molecule has 162 valence electrons. The number of hydrogen-bond donors (Lipinski definition) is 0. The number of halogens is 3. The second-order valence-corrected chi connectivity index (χ2v) is 7.87. The molecule has 1 amide bonds. The third-order valence-electron chi connectivity index (χ3n) is 6.09. The normalized spacial score (nSPS) is 19.7. The number of amides is 1. The van der Waals surface area contributed by atoms with E-state index in [0.717, 1.165) is 25.1 Å². The maximum Gasteiger partial charge on any atom is 0.417 e. The second kappa shape index (κ2) is 8.29. The van der Waals surface area contributed by atoms with Crippen molar-refractivity contribution < 1.29 is 22.7 Å². The van der Waals surface area contributed by atoms with E-state index in [4.69, 9.17) is 4.74 Å². The van der Waals surface area contributed by atoms with Crippen LogP contribution in [0.5, 0.6) is 0 Å². The van der Waals surface area contributed by atoms with Crippen molar-refractivity contribution in [1.82, 2.24) is 14.5 Å². The van der Waals surface area contributed by atoms with Gasteiger partial charge in [-0.1, -0.05) is 0 Å². The molecule has 0 spiro atoms. The van der Waals surface area contributed by atoms with Crippen LogP contribution in [0.25, 0.3) is 0 Å². The molecule has 0 saturated carbocycles. The van der Waals surface area contributed by atoms with Crippen LogP contribution in [0.2, 0.25) is 0 Å². The smallest absolute Gasteiger partial charge is 0.381 e. The first-order chi connectivity index (χ1) is 14.4. The maximum absolute atomic E-state index is 13.1. The third-order valence-corrected chi connectivity index (χ3v) is 6.09. The van der Waals surface area contributed by atoms with Crippen molar-refractivity contribution in [2.24, 2.45) is 0 Å². The Labute approximate surface area is 173 Å². The second-order valence-electron chi connectivity index (χ2n) is 7.87. The van der Waals surface area contributed by atoms with Crippen molar-refractivity contribution in [3.05, 3.63) is 48.4 Å². The van der Waals surface area contributed by atoms with E-state index < -0.39 is 11.7 Å². The van der Waals surface area contributed by atoms with E-state index in [1.165, 1.54) is 6.07 Å². The lowest BCUT2D eigenvalue weighted by Crippen LogP contribution is -2.51. The minimum absolute atomic E-state index is 0.102. The minimum atomic E-state index is -4.39. The number of rotatable bonds is 4. The lowest BCUT2D eigenvalue weighted by atomic mass is 9.85. The van der Waals surface area contributed by atoms with Crippen LogP contribution in [0.3, 0.4) is 0 Å². The van der Waals surface area contributed by atoms with Gasteiger partial charge in [0.05, 0.1) is 17.5 Å². The highest BCUT2D eigenvalue weighted by Crippen LogP contribution is 2.34. The van der Waals surface area contributed by atoms with Crippen molar-refractivity contribution in [3.8, 4) is 0 Å². The van der Waals surface area contributed by atoms with Crippen LogP contribution in [0.1, 0.15) is 24.8 Å². The highest BCUT2D eigenvalue weighted by Gasteiger charge is 2.38. The van der Waals surface area contributed by atoms with Crippen LogP contribution in [-0.2, 0) is 21.2 Å². The largest absolute Gasteiger partial charge is 0.417 e. The average molecular weight is 422 g/mol. The topological polar surface area (TPSA) is 50.6 Å².